The van der Waals surface area contributed by atoms with E-state index in [1.807, 2.05) is 24.3 Å². The van der Waals surface area contributed by atoms with E-state index in [4.69, 9.17) is 9.72 Å². The number of pyridine rings is 1. The fraction of sp³-hybridized carbons (Fsp3) is 0.263. The van der Waals surface area contributed by atoms with Gasteiger partial charge in [0.15, 0.2) is 0 Å². The molecule has 0 saturated heterocycles. The van der Waals surface area contributed by atoms with E-state index in [-0.39, 0.29) is 0 Å². The van der Waals surface area contributed by atoms with Gasteiger partial charge in [-0.15, -0.1) is 11.3 Å². The van der Waals surface area contributed by atoms with Gasteiger partial charge >= 0.3 is 0 Å². The Morgan fingerprint density at radius 3 is 2.79 bits per heavy atom. The molecule has 5 heteroatoms. The highest BCUT2D eigenvalue weighted by molar-refractivity contribution is 7.13. The van der Waals surface area contributed by atoms with Crippen molar-refractivity contribution in [3.8, 4) is 16.5 Å². The van der Waals surface area contributed by atoms with Crippen molar-refractivity contribution in [1.82, 2.24) is 14.9 Å². The zero-order valence-electron chi connectivity index (χ0n) is 14.2. The average molecular weight is 339 g/mol. The van der Waals surface area contributed by atoms with Crippen molar-refractivity contribution in [1.29, 1.82) is 0 Å². The molecular formula is C19H21N3OS. The predicted molar refractivity (Wildman–Crippen MR) is 98.2 cm³/mol. The lowest BCUT2D eigenvalue weighted by Crippen LogP contribution is -2.18. The number of nitrogens with zero attached hydrogens (tertiary/aromatic N) is 3. The van der Waals surface area contributed by atoms with Crippen molar-refractivity contribution in [2.45, 2.75) is 20.0 Å². The number of hydrogen-bond acceptors (Lipinski definition) is 5. The van der Waals surface area contributed by atoms with Crippen LogP contribution in [0.4, 0.5) is 0 Å². The normalized spacial score (nSPS) is 11.0. The van der Waals surface area contributed by atoms with E-state index in [2.05, 4.69) is 41.4 Å². The number of aryl methyl sites for hydroxylation is 1. The van der Waals surface area contributed by atoms with Gasteiger partial charge in [0.25, 0.3) is 0 Å². The fourth-order valence-corrected chi connectivity index (χ4v) is 3.43. The molecule has 0 radical (unpaired) electrons. The first kappa shape index (κ1) is 16.6. The second-order valence-electron chi connectivity index (χ2n) is 5.85. The highest BCUT2D eigenvalue weighted by atomic mass is 32.1. The average Bonchev–Trinajstić information content (AvgIpc) is 3.04. The summed E-state index contributed by atoms with van der Waals surface area (Å²) in [6, 6.07) is 12.2. The maximum Gasteiger partial charge on any atom is 0.142 e. The van der Waals surface area contributed by atoms with Crippen molar-refractivity contribution >= 4 is 11.3 Å². The van der Waals surface area contributed by atoms with Crippen LogP contribution in [0.2, 0.25) is 0 Å². The lowest BCUT2D eigenvalue weighted by atomic mass is 10.1. The Balaban J connectivity index is 1.69. The van der Waals surface area contributed by atoms with Crippen molar-refractivity contribution in [3.63, 3.8) is 0 Å². The second-order valence-corrected chi connectivity index (χ2v) is 6.70. The van der Waals surface area contributed by atoms with Crippen molar-refractivity contribution in [3.05, 3.63) is 64.8 Å². The summed E-state index contributed by atoms with van der Waals surface area (Å²) in [6.07, 6.45) is 1.80. The Labute approximate surface area is 146 Å². The molecule has 0 saturated carbocycles. The van der Waals surface area contributed by atoms with Crippen LogP contribution in [-0.4, -0.2) is 29.0 Å². The quantitative estimate of drug-likeness (QED) is 0.676. The summed E-state index contributed by atoms with van der Waals surface area (Å²) in [5.74, 6) is 0.930. The van der Waals surface area contributed by atoms with E-state index < -0.39 is 0 Å². The number of aromatic nitrogens is 2. The van der Waals surface area contributed by atoms with E-state index in [1.165, 1.54) is 11.1 Å². The molecule has 1 aromatic carbocycles. The van der Waals surface area contributed by atoms with Crippen LogP contribution in [-0.2, 0) is 13.1 Å². The summed E-state index contributed by atoms with van der Waals surface area (Å²) in [5.41, 5.74) is 4.43. The third kappa shape index (κ3) is 3.99. The minimum atomic E-state index is 0.792. The summed E-state index contributed by atoms with van der Waals surface area (Å²) < 4.78 is 5.46. The molecule has 2 heterocycles. The van der Waals surface area contributed by atoms with E-state index in [9.17, 15) is 0 Å². The van der Waals surface area contributed by atoms with Crippen LogP contribution < -0.4 is 4.74 Å². The molecule has 3 rings (SSSR count). The predicted octanol–water partition coefficient (Wildman–Crippen LogP) is 4.15. The molecule has 4 nitrogen and oxygen atoms in total. The minimum Gasteiger partial charge on any atom is -0.496 e. The van der Waals surface area contributed by atoms with Gasteiger partial charge in [0.2, 0.25) is 0 Å². The summed E-state index contributed by atoms with van der Waals surface area (Å²) >= 11 is 1.64. The molecule has 0 N–H and O–H groups in total. The second kappa shape index (κ2) is 7.55. The molecule has 0 aliphatic heterocycles. The number of rotatable bonds is 6. The molecule has 0 aliphatic carbocycles. The van der Waals surface area contributed by atoms with Crippen molar-refractivity contribution in [2.24, 2.45) is 0 Å². The summed E-state index contributed by atoms with van der Waals surface area (Å²) in [4.78, 5) is 11.3. The molecule has 0 aliphatic rings. The van der Waals surface area contributed by atoms with Gasteiger partial charge in [-0.3, -0.25) is 9.88 Å². The Bertz CT molecular complexity index is 801. The van der Waals surface area contributed by atoms with E-state index >= 15 is 0 Å². The first-order valence-electron chi connectivity index (χ1n) is 7.83. The highest BCUT2D eigenvalue weighted by Crippen LogP contribution is 2.24. The molecule has 0 amide bonds. The summed E-state index contributed by atoms with van der Waals surface area (Å²) in [6.45, 7) is 3.71. The van der Waals surface area contributed by atoms with Crippen LogP contribution in [0.1, 0.15) is 16.8 Å². The summed E-state index contributed by atoms with van der Waals surface area (Å²) in [5, 5.41) is 3.07. The molecule has 124 valence electrons. The number of methoxy groups -OCH3 is 1. The van der Waals surface area contributed by atoms with Gasteiger partial charge < -0.3 is 4.74 Å². The van der Waals surface area contributed by atoms with Gasteiger partial charge in [0, 0.05) is 30.2 Å². The van der Waals surface area contributed by atoms with Crippen LogP contribution in [0.3, 0.4) is 0 Å². The zero-order valence-corrected chi connectivity index (χ0v) is 15.0. The smallest absolute Gasteiger partial charge is 0.142 e. The van der Waals surface area contributed by atoms with Gasteiger partial charge in [-0.2, -0.15) is 0 Å². The van der Waals surface area contributed by atoms with Crippen LogP contribution >= 0.6 is 11.3 Å². The number of thiazole rings is 1. The Morgan fingerprint density at radius 2 is 2.04 bits per heavy atom. The van der Waals surface area contributed by atoms with Crippen LogP contribution in [0.15, 0.2) is 48.0 Å². The number of hydrogen-bond donors (Lipinski definition) is 0. The molecule has 0 unspecified atom stereocenters. The Kier molecular flexibility index (Phi) is 5.23. The SMILES string of the molecule is COc1ccc(C)cc1CN(C)Cc1csc(-c2ccccn2)n1. The largest absolute Gasteiger partial charge is 0.496 e. The lowest BCUT2D eigenvalue weighted by Gasteiger charge is -2.17. The number of ether oxygens (including phenoxy) is 1. The molecule has 3 aromatic rings. The van der Waals surface area contributed by atoms with E-state index in [0.29, 0.717) is 0 Å². The van der Waals surface area contributed by atoms with Crippen molar-refractivity contribution < 1.29 is 4.74 Å². The first-order valence-corrected chi connectivity index (χ1v) is 8.71. The molecule has 0 atom stereocenters. The molecule has 0 bridgehead atoms. The molecule has 0 fully saturated rings. The minimum absolute atomic E-state index is 0.792. The van der Waals surface area contributed by atoms with Crippen LogP contribution in [0.5, 0.6) is 5.75 Å². The third-order valence-electron chi connectivity index (χ3n) is 3.74. The van der Waals surface area contributed by atoms with Crippen molar-refractivity contribution in [2.75, 3.05) is 14.2 Å². The van der Waals surface area contributed by atoms with E-state index in [0.717, 1.165) is 35.2 Å². The Hall–Kier alpha value is -2.24. The van der Waals surface area contributed by atoms with E-state index in [1.54, 1.807) is 24.6 Å². The van der Waals surface area contributed by atoms with Crippen LogP contribution in [0, 0.1) is 6.92 Å². The standard InChI is InChI=1S/C19H21N3OS/c1-14-7-8-18(23-3)15(10-14)11-22(2)12-16-13-24-19(21-16)17-6-4-5-9-20-17/h4-10,13H,11-12H2,1-3H3. The zero-order chi connectivity index (χ0) is 16.9. The van der Waals surface area contributed by atoms with Gasteiger partial charge in [0.05, 0.1) is 18.5 Å². The van der Waals surface area contributed by atoms with Gasteiger partial charge in [0.1, 0.15) is 10.8 Å². The lowest BCUT2D eigenvalue weighted by molar-refractivity contribution is 0.307. The van der Waals surface area contributed by atoms with Crippen LogP contribution in [0.25, 0.3) is 10.7 Å². The Morgan fingerprint density at radius 1 is 1.17 bits per heavy atom. The topological polar surface area (TPSA) is 38.2 Å². The first-order chi connectivity index (χ1) is 11.7. The summed E-state index contributed by atoms with van der Waals surface area (Å²) in [7, 11) is 3.81. The van der Waals surface area contributed by atoms with Gasteiger partial charge in [-0.1, -0.05) is 23.8 Å². The molecule has 0 spiro atoms. The maximum atomic E-state index is 5.46. The molecule has 24 heavy (non-hydrogen) atoms. The maximum absolute atomic E-state index is 5.46. The fourth-order valence-electron chi connectivity index (χ4n) is 2.64. The molecule has 2 aromatic heterocycles. The number of benzene rings is 1. The van der Waals surface area contributed by atoms with Gasteiger partial charge in [-0.05, 0) is 32.2 Å². The highest BCUT2D eigenvalue weighted by Gasteiger charge is 2.10. The van der Waals surface area contributed by atoms with Gasteiger partial charge in [-0.25, -0.2) is 4.98 Å². The monoisotopic (exact) mass is 339 g/mol. The third-order valence-corrected chi connectivity index (χ3v) is 4.66. The molecular weight excluding hydrogens is 318 g/mol.